The van der Waals surface area contributed by atoms with Crippen molar-refractivity contribution < 1.29 is 4.79 Å². The number of carbonyl (C=O) groups excluding carboxylic acids is 1. The Balaban J connectivity index is 2.31. The summed E-state index contributed by atoms with van der Waals surface area (Å²) in [6.45, 7) is 8.62. The molecule has 0 aliphatic carbocycles. The lowest BCUT2D eigenvalue weighted by atomic mass is 9.86. The van der Waals surface area contributed by atoms with E-state index in [4.69, 9.17) is 0 Å². The second-order valence-corrected chi connectivity index (χ2v) is 4.71. The molecule has 0 aromatic rings. The molecular formula is C12H23NO. The van der Waals surface area contributed by atoms with Crippen molar-refractivity contribution in [2.24, 2.45) is 11.8 Å². The van der Waals surface area contributed by atoms with Gasteiger partial charge in [-0.1, -0.05) is 20.8 Å². The van der Waals surface area contributed by atoms with Crippen LogP contribution in [-0.4, -0.2) is 23.9 Å². The van der Waals surface area contributed by atoms with Crippen LogP contribution in [0.25, 0.3) is 0 Å². The van der Waals surface area contributed by atoms with Gasteiger partial charge in [-0.2, -0.15) is 0 Å². The molecule has 1 amide bonds. The quantitative estimate of drug-likeness (QED) is 0.681. The van der Waals surface area contributed by atoms with Crippen molar-refractivity contribution in [1.29, 1.82) is 0 Å². The molecule has 1 fully saturated rings. The lowest BCUT2D eigenvalue weighted by molar-refractivity contribution is -0.132. The van der Waals surface area contributed by atoms with E-state index in [1.165, 1.54) is 12.8 Å². The molecule has 2 heteroatoms. The highest BCUT2D eigenvalue weighted by molar-refractivity contribution is 5.76. The molecule has 0 spiro atoms. The normalized spacial score (nSPS) is 19.0. The molecule has 0 bridgehead atoms. The largest absolute Gasteiger partial charge is 0.343 e. The van der Waals surface area contributed by atoms with Crippen LogP contribution >= 0.6 is 0 Å². The molecule has 0 atom stereocenters. The molecule has 1 rings (SSSR count). The number of hydrogen-bond acceptors (Lipinski definition) is 1. The summed E-state index contributed by atoms with van der Waals surface area (Å²) in [5, 5.41) is 0. The molecule has 0 radical (unpaired) electrons. The summed E-state index contributed by atoms with van der Waals surface area (Å²) in [5.74, 6) is 1.97. The van der Waals surface area contributed by atoms with E-state index in [-0.39, 0.29) is 0 Å². The summed E-state index contributed by atoms with van der Waals surface area (Å²) in [7, 11) is 0. The lowest BCUT2D eigenvalue weighted by Gasteiger charge is -2.33. The van der Waals surface area contributed by atoms with Gasteiger partial charge in [0.2, 0.25) is 5.91 Å². The third-order valence-electron chi connectivity index (χ3n) is 3.30. The van der Waals surface area contributed by atoms with E-state index in [2.05, 4.69) is 20.8 Å². The number of rotatable bonds is 3. The van der Waals surface area contributed by atoms with Crippen LogP contribution in [-0.2, 0) is 4.79 Å². The molecule has 1 aliphatic rings. The van der Waals surface area contributed by atoms with Gasteiger partial charge in [0.1, 0.15) is 0 Å². The highest BCUT2D eigenvalue weighted by atomic mass is 16.2. The van der Waals surface area contributed by atoms with E-state index in [0.717, 1.165) is 37.8 Å². The molecule has 0 N–H and O–H groups in total. The van der Waals surface area contributed by atoms with E-state index in [0.29, 0.717) is 5.91 Å². The SMILES string of the molecule is CCCC(=O)N1CCC(C(C)C)CC1. The first-order chi connectivity index (χ1) is 6.65. The lowest BCUT2D eigenvalue weighted by Crippen LogP contribution is -2.39. The Morgan fingerprint density at radius 3 is 2.36 bits per heavy atom. The molecule has 1 aliphatic heterocycles. The third-order valence-corrected chi connectivity index (χ3v) is 3.30. The first-order valence-electron chi connectivity index (χ1n) is 5.93. The van der Waals surface area contributed by atoms with Crippen LogP contribution in [0.3, 0.4) is 0 Å². The summed E-state index contributed by atoms with van der Waals surface area (Å²) in [6.07, 6.45) is 4.11. The minimum absolute atomic E-state index is 0.356. The van der Waals surface area contributed by atoms with Gasteiger partial charge in [-0.15, -0.1) is 0 Å². The Kier molecular flexibility index (Phi) is 4.43. The molecule has 0 saturated carbocycles. The van der Waals surface area contributed by atoms with Gasteiger partial charge < -0.3 is 4.90 Å². The summed E-state index contributed by atoms with van der Waals surface area (Å²) < 4.78 is 0. The Labute approximate surface area is 87.7 Å². The molecule has 0 aromatic heterocycles. The van der Waals surface area contributed by atoms with E-state index >= 15 is 0 Å². The van der Waals surface area contributed by atoms with Crippen LogP contribution in [0, 0.1) is 11.8 Å². The highest BCUT2D eigenvalue weighted by Gasteiger charge is 2.23. The number of hydrogen-bond donors (Lipinski definition) is 0. The fraction of sp³-hybridized carbons (Fsp3) is 0.917. The predicted molar refractivity (Wildman–Crippen MR) is 59.1 cm³/mol. The number of carbonyl (C=O) groups is 1. The first kappa shape index (κ1) is 11.5. The van der Waals surface area contributed by atoms with Crippen LogP contribution in [0.15, 0.2) is 0 Å². The Hall–Kier alpha value is -0.530. The topological polar surface area (TPSA) is 20.3 Å². The molecule has 14 heavy (non-hydrogen) atoms. The van der Waals surface area contributed by atoms with E-state index in [9.17, 15) is 4.79 Å². The number of nitrogens with zero attached hydrogens (tertiary/aromatic N) is 1. The predicted octanol–water partition coefficient (Wildman–Crippen LogP) is 2.68. The van der Waals surface area contributed by atoms with Crippen molar-refractivity contribution in [2.75, 3.05) is 13.1 Å². The summed E-state index contributed by atoms with van der Waals surface area (Å²) in [6, 6.07) is 0. The average molecular weight is 197 g/mol. The smallest absolute Gasteiger partial charge is 0.222 e. The summed E-state index contributed by atoms with van der Waals surface area (Å²) >= 11 is 0. The van der Waals surface area contributed by atoms with Crippen LogP contribution in [0.4, 0.5) is 0 Å². The molecule has 82 valence electrons. The zero-order chi connectivity index (χ0) is 10.6. The maximum Gasteiger partial charge on any atom is 0.222 e. The van der Waals surface area contributed by atoms with Gasteiger partial charge in [0.05, 0.1) is 0 Å². The van der Waals surface area contributed by atoms with Crippen LogP contribution in [0.1, 0.15) is 46.5 Å². The van der Waals surface area contributed by atoms with Crippen molar-refractivity contribution in [1.82, 2.24) is 4.90 Å². The fourth-order valence-corrected chi connectivity index (χ4v) is 2.19. The van der Waals surface area contributed by atoms with Crippen LogP contribution < -0.4 is 0 Å². The minimum Gasteiger partial charge on any atom is -0.343 e. The van der Waals surface area contributed by atoms with Gasteiger partial charge in [-0.25, -0.2) is 0 Å². The molecule has 0 aromatic carbocycles. The number of amides is 1. The third kappa shape index (κ3) is 3.00. The molecule has 2 nitrogen and oxygen atoms in total. The summed E-state index contributed by atoms with van der Waals surface area (Å²) in [4.78, 5) is 13.6. The molecule has 1 heterocycles. The standard InChI is InChI=1S/C12H23NO/c1-4-5-12(14)13-8-6-11(7-9-13)10(2)3/h10-11H,4-9H2,1-3H3. The van der Waals surface area contributed by atoms with Crippen LogP contribution in [0.5, 0.6) is 0 Å². The van der Waals surface area contributed by atoms with Crippen molar-refractivity contribution >= 4 is 5.91 Å². The Bertz CT molecular complexity index is 181. The van der Waals surface area contributed by atoms with E-state index in [1.54, 1.807) is 0 Å². The van der Waals surface area contributed by atoms with Crippen LogP contribution in [0.2, 0.25) is 0 Å². The fourth-order valence-electron chi connectivity index (χ4n) is 2.19. The van der Waals surface area contributed by atoms with E-state index in [1.807, 2.05) is 4.90 Å². The van der Waals surface area contributed by atoms with Gasteiger partial charge in [-0.3, -0.25) is 4.79 Å². The van der Waals surface area contributed by atoms with Gasteiger partial charge in [0.25, 0.3) is 0 Å². The average Bonchev–Trinajstić information content (AvgIpc) is 2.18. The van der Waals surface area contributed by atoms with Crippen molar-refractivity contribution in [2.45, 2.75) is 46.5 Å². The van der Waals surface area contributed by atoms with Crippen molar-refractivity contribution in [3.8, 4) is 0 Å². The number of piperidine rings is 1. The van der Waals surface area contributed by atoms with Gasteiger partial charge >= 0.3 is 0 Å². The zero-order valence-electron chi connectivity index (χ0n) is 9.75. The monoisotopic (exact) mass is 197 g/mol. The van der Waals surface area contributed by atoms with Gasteiger partial charge in [-0.05, 0) is 31.1 Å². The van der Waals surface area contributed by atoms with Crippen molar-refractivity contribution in [3.63, 3.8) is 0 Å². The summed E-state index contributed by atoms with van der Waals surface area (Å²) in [5.41, 5.74) is 0. The maximum atomic E-state index is 11.6. The Morgan fingerprint density at radius 1 is 1.36 bits per heavy atom. The molecule has 1 saturated heterocycles. The minimum atomic E-state index is 0.356. The van der Waals surface area contributed by atoms with Gasteiger partial charge in [0.15, 0.2) is 0 Å². The van der Waals surface area contributed by atoms with E-state index < -0.39 is 0 Å². The molecule has 0 unspecified atom stereocenters. The second-order valence-electron chi connectivity index (χ2n) is 4.71. The molecular weight excluding hydrogens is 174 g/mol. The second kappa shape index (κ2) is 5.38. The van der Waals surface area contributed by atoms with Crippen molar-refractivity contribution in [3.05, 3.63) is 0 Å². The highest BCUT2D eigenvalue weighted by Crippen LogP contribution is 2.24. The first-order valence-corrected chi connectivity index (χ1v) is 5.93. The number of likely N-dealkylation sites (tertiary alicyclic amines) is 1. The van der Waals surface area contributed by atoms with Gasteiger partial charge in [0, 0.05) is 19.5 Å². The Morgan fingerprint density at radius 2 is 1.93 bits per heavy atom. The maximum absolute atomic E-state index is 11.6. The zero-order valence-corrected chi connectivity index (χ0v) is 9.75.